The number of hydrogen-bond acceptors (Lipinski definition) is 5. The van der Waals surface area contributed by atoms with E-state index in [-0.39, 0.29) is 17.2 Å². The zero-order valence-electron chi connectivity index (χ0n) is 18.0. The second kappa shape index (κ2) is 8.02. The summed E-state index contributed by atoms with van der Waals surface area (Å²) in [7, 11) is 0. The van der Waals surface area contributed by atoms with Crippen LogP contribution in [-0.2, 0) is 12.7 Å². The Hall–Kier alpha value is -3.69. The van der Waals surface area contributed by atoms with Gasteiger partial charge in [0.1, 0.15) is 17.1 Å². The lowest BCUT2D eigenvalue weighted by molar-refractivity contribution is -0.140. The highest BCUT2D eigenvalue weighted by atomic mass is 19.4. The monoisotopic (exact) mass is 454 g/mol. The van der Waals surface area contributed by atoms with E-state index in [1.54, 1.807) is 6.33 Å². The van der Waals surface area contributed by atoms with Gasteiger partial charge in [-0.3, -0.25) is 10.1 Å². The maximum atomic E-state index is 13.2. The van der Waals surface area contributed by atoms with Crippen LogP contribution in [0.5, 0.6) is 5.75 Å². The molecule has 1 aromatic carbocycles. The van der Waals surface area contributed by atoms with Gasteiger partial charge < -0.3 is 9.30 Å². The average molecular weight is 454 g/mol. The van der Waals surface area contributed by atoms with Gasteiger partial charge in [-0.15, -0.1) is 5.10 Å². The first-order valence-electron chi connectivity index (χ1n) is 10.5. The maximum absolute atomic E-state index is 13.2. The Morgan fingerprint density at radius 3 is 2.79 bits per heavy atom. The molecule has 4 heterocycles. The first kappa shape index (κ1) is 21.2. The highest BCUT2D eigenvalue weighted by molar-refractivity contribution is 5.67. The van der Waals surface area contributed by atoms with E-state index in [0.29, 0.717) is 30.5 Å². The molecule has 1 aliphatic rings. The van der Waals surface area contributed by atoms with Crippen molar-refractivity contribution in [1.29, 1.82) is 0 Å². The van der Waals surface area contributed by atoms with Gasteiger partial charge >= 0.3 is 6.18 Å². The predicted octanol–water partition coefficient (Wildman–Crippen LogP) is 5.05. The first-order chi connectivity index (χ1) is 15.8. The topological polar surface area (TPSA) is 81.5 Å². The second-order valence-corrected chi connectivity index (χ2v) is 8.38. The lowest BCUT2D eigenvalue weighted by Crippen LogP contribution is -2.09. The number of fused-ring (bicyclic) bond motifs is 1. The van der Waals surface area contributed by atoms with Crippen LogP contribution in [0.15, 0.2) is 49.1 Å². The van der Waals surface area contributed by atoms with Crippen LogP contribution >= 0.6 is 0 Å². The minimum Gasteiger partial charge on any atom is -0.493 e. The molecule has 0 saturated heterocycles. The molecule has 4 aromatic rings. The molecule has 0 spiro atoms. The predicted molar refractivity (Wildman–Crippen MR) is 115 cm³/mol. The van der Waals surface area contributed by atoms with Crippen LogP contribution in [0.2, 0.25) is 0 Å². The standard InChI is InChI=1S/C23H21F3N6O/c1-13(2)14-3-4-17-16(11-33-20(17)8-14)9-32-10-19(28-12-32)18-7-15(5-6-27-18)21-22(23(24,25)26)30-31-29-21/h3-8,10,12-13,16H,9,11H2,1-2H3,(H,29,30,31)/t16-/m0/s1. The van der Waals surface area contributed by atoms with Gasteiger partial charge in [-0.25, -0.2) is 4.98 Å². The molecule has 3 aromatic heterocycles. The summed E-state index contributed by atoms with van der Waals surface area (Å²) in [6, 6.07) is 9.36. The maximum Gasteiger partial charge on any atom is 0.435 e. The molecular formula is C23H21F3N6O. The van der Waals surface area contributed by atoms with E-state index in [1.807, 2.05) is 15.9 Å². The van der Waals surface area contributed by atoms with Gasteiger partial charge in [-0.2, -0.15) is 13.2 Å². The van der Waals surface area contributed by atoms with Gasteiger partial charge in [0.25, 0.3) is 0 Å². The van der Waals surface area contributed by atoms with E-state index in [9.17, 15) is 13.2 Å². The third-order valence-corrected chi connectivity index (χ3v) is 5.78. The molecule has 0 bridgehead atoms. The molecular weight excluding hydrogens is 433 g/mol. The van der Waals surface area contributed by atoms with Crippen molar-refractivity contribution >= 4 is 0 Å². The molecule has 0 aliphatic carbocycles. The number of aromatic nitrogens is 6. The molecule has 0 unspecified atom stereocenters. The molecule has 1 atom stereocenters. The SMILES string of the molecule is CC(C)c1ccc2c(c1)OC[C@@H]2Cn1cnc(-c2cc(-c3nn[nH]c3C(F)(F)F)ccn2)c1. The van der Waals surface area contributed by atoms with Crippen molar-refractivity contribution in [2.24, 2.45) is 0 Å². The number of hydrogen-bond donors (Lipinski definition) is 1. The summed E-state index contributed by atoms with van der Waals surface area (Å²) in [4.78, 5) is 8.69. The number of ether oxygens (including phenoxy) is 1. The van der Waals surface area contributed by atoms with Crippen LogP contribution in [0.1, 0.15) is 42.5 Å². The molecule has 1 N–H and O–H groups in total. The molecule has 10 heteroatoms. The lowest BCUT2D eigenvalue weighted by atomic mass is 9.96. The lowest BCUT2D eigenvalue weighted by Gasteiger charge is -2.11. The number of aromatic amines is 1. The highest BCUT2D eigenvalue weighted by Gasteiger charge is 2.37. The third kappa shape index (κ3) is 4.08. The largest absolute Gasteiger partial charge is 0.493 e. The van der Waals surface area contributed by atoms with Gasteiger partial charge in [-0.05, 0) is 29.7 Å². The van der Waals surface area contributed by atoms with Crippen molar-refractivity contribution < 1.29 is 17.9 Å². The molecule has 0 radical (unpaired) electrons. The summed E-state index contributed by atoms with van der Waals surface area (Å²) >= 11 is 0. The van der Waals surface area contributed by atoms with Crippen LogP contribution in [0.25, 0.3) is 22.6 Å². The minimum absolute atomic E-state index is 0.187. The molecule has 33 heavy (non-hydrogen) atoms. The van der Waals surface area contributed by atoms with Crippen LogP contribution in [0.3, 0.4) is 0 Å². The summed E-state index contributed by atoms with van der Waals surface area (Å²) < 4.78 is 47.5. The van der Waals surface area contributed by atoms with Gasteiger partial charge in [0.15, 0.2) is 5.69 Å². The van der Waals surface area contributed by atoms with Crippen molar-refractivity contribution in [2.45, 2.75) is 38.4 Å². The number of halogens is 3. The van der Waals surface area contributed by atoms with E-state index < -0.39 is 11.9 Å². The Balaban J connectivity index is 1.37. The van der Waals surface area contributed by atoms with Crippen LogP contribution in [-0.4, -0.2) is 36.6 Å². The number of nitrogens with zero attached hydrogens (tertiary/aromatic N) is 5. The molecule has 170 valence electrons. The molecule has 0 saturated carbocycles. The summed E-state index contributed by atoms with van der Waals surface area (Å²) in [5.41, 5.74) is 2.41. The Morgan fingerprint density at radius 2 is 2.00 bits per heavy atom. The molecule has 5 rings (SSSR count). The van der Waals surface area contributed by atoms with Crippen LogP contribution in [0.4, 0.5) is 13.2 Å². The highest BCUT2D eigenvalue weighted by Crippen LogP contribution is 2.37. The number of alkyl halides is 3. The van der Waals surface area contributed by atoms with Crippen molar-refractivity contribution in [1.82, 2.24) is 29.9 Å². The Kier molecular flexibility index (Phi) is 5.15. The number of nitrogens with one attached hydrogen (secondary N) is 1. The Bertz CT molecular complexity index is 1290. The summed E-state index contributed by atoms with van der Waals surface area (Å²) in [6.45, 7) is 5.56. The number of benzene rings is 1. The minimum atomic E-state index is -4.58. The van der Waals surface area contributed by atoms with E-state index in [0.717, 1.165) is 5.75 Å². The molecule has 7 nitrogen and oxygen atoms in total. The zero-order chi connectivity index (χ0) is 23.2. The fraction of sp³-hybridized carbons (Fsp3) is 0.304. The number of rotatable bonds is 5. The molecule has 0 fully saturated rings. The summed E-state index contributed by atoms with van der Waals surface area (Å²) in [5, 5.41) is 8.85. The van der Waals surface area contributed by atoms with Crippen molar-refractivity contribution in [3.63, 3.8) is 0 Å². The normalized spacial score (nSPS) is 15.6. The second-order valence-electron chi connectivity index (χ2n) is 8.38. The summed E-state index contributed by atoms with van der Waals surface area (Å²) in [6.07, 6.45) is 0.382. The number of imidazole rings is 1. The van der Waals surface area contributed by atoms with Crippen LogP contribution < -0.4 is 4.74 Å². The number of pyridine rings is 1. The van der Waals surface area contributed by atoms with Crippen molar-refractivity contribution in [3.8, 4) is 28.4 Å². The van der Waals surface area contributed by atoms with Crippen molar-refractivity contribution in [3.05, 3.63) is 65.9 Å². The van der Waals surface area contributed by atoms with Gasteiger partial charge in [-0.1, -0.05) is 31.2 Å². The van der Waals surface area contributed by atoms with Gasteiger partial charge in [0, 0.05) is 36.0 Å². The Morgan fingerprint density at radius 1 is 1.15 bits per heavy atom. The van der Waals surface area contributed by atoms with E-state index in [2.05, 4.69) is 52.3 Å². The quantitative estimate of drug-likeness (QED) is 0.457. The summed E-state index contributed by atoms with van der Waals surface area (Å²) in [5.74, 6) is 1.54. The van der Waals surface area contributed by atoms with Gasteiger partial charge in [0.05, 0.1) is 18.6 Å². The molecule has 0 amide bonds. The van der Waals surface area contributed by atoms with Crippen molar-refractivity contribution in [2.75, 3.05) is 6.61 Å². The van der Waals surface area contributed by atoms with E-state index in [1.165, 1.54) is 29.5 Å². The fourth-order valence-corrected chi connectivity index (χ4v) is 4.00. The first-order valence-corrected chi connectivity index (χ1v) is 10.5. The third-order valence-electron chi connectivity index (χ3n) is 5.78. The smallest absolute Gasteiger partial charge is 0.435 e. The van der Waals surface area contributed by atoms with E-state index >= 15 is 0 Å². The molecule has 1 aliphatic heterocycles. The van der Waals surface area contributed by atoms with Crippen LogP contribution in [0, 0.1) is 0 Å². The Labute approximate surface area is 187 Å². The number of H-pyrrole nitrogens is 1. The fourth-order valence-electron chi connectivity index (χ4n) is 4.00. The zero-order valence-corrected chi connectivity index (χ0v) is 18.0. The average Bonchev–Trinajstić information content (AvgIpc) is 3.53. The van der Waals surface area contributed by atoms with E-state index in [4.69, 9.17) is 4.74 Å². The van der Waals surface area contributed by atoms with Gasteiger partial charge in [0.2, 0.25) is 0 Å².